The van der Waals surface area contributed by atoms with Crippen LogP contribution in [0.1, 0.15) is 12.0 Å². The standard InChI is InChI=1S/C13H21BrN4/c1-11-9-12(14)13(16-10-11)18-7-5-17(6-8-18)4-2-3-15/h9-10H,2-8,15H2,1H3. The van der Waals surface area contributed by atoms with Crippen molar-refractivity contribution in [3.8, 4) is 0 Å². The van der Waals surface area contributed by atoms with Crippen molar-refractivity contribution >= 4 is 21.7 Å². The summed E-state index contributed by atoms with van der Waals surface area (Å²) < 4.78 is 1.10. The second-order valence-corrected chi connectivity index (χ2v) is 5.64. The van der Waals surface area contributed by atoms with Gasteiger partial charge < -0.3 is 10.6 Å². The normalized spacial score (nSPS) is 17.2. The highest BCUT2D eigenvalue weighted by molar-refractivity contribution is 9.10. The zero-order valence-corrected chi connectivity index (χ0v) is 12.5. The van der Waals surface area contributed by atoms with Gasteiger partial charge in [-0.25, -0.2) is 4.98 Å². The molecule has 0 aliphatic carbocycles. The van der Waals surface area contributed by atoms with Gasteiger partial charge >= 0.3 is 0 Å². The van der Waals surface area contributed by atoms with Crippen molar-refractivity contribution in [3.05, 3.63) is 22.3 Å². The minimum absolute atomic E-state index is 0.783. The number of piperazine rings is 1. The lowest BCUT2D eigenvalue weighted by atomic mass is 10.2. The Bertz CT molecular complexity index is 389. The molecule has 2 N–H and O–H groups in total. The van der Waals surface area contributed by atoms with Crippen molar-refractivity contribution < 1.29 is 0 Å². The van der Waals surface area contributed by atoms with Crippen molar-refractivity contribution in [1.29, 1.82) is 0 Å². The highest BCUT2D eigenvalue weighted by Gasteiger charge is 2.19. The summed E-state index contributed by atoms with van der Waals surface area (Å²) in [6, 6.07) is 2.13. The Labute approximate surface area is 117 Å². The number of aryl methyl sites for hydroxylation is 1. The lowest BCUT2D eigenvalue weighted by molar-refractivity contribution is 0.256. The van der Waals surface area contributed by atoms with E-state index < -0.39 is 0 Å². The topological polar surface area (TPSA) is 45.4 Å². The second kappa shape index (κ2) is 6.50. The van der Waals surface area contributed by atoms with E-state index in [2.05, 4.69) is 43.7 Å². The molecule has 1 aliphatic heterocycles. The molecule has 2 heterocycles. The van der Waals surface area contributed by atoms with Crippen LogP contribution in [-0.4, -0.2) is 49.2 Å². The van der Waals surface area contributed by atoms with E-state index in [1.165, 1.54) is 5.56 Å². The maximum atomic E-state index is 5.54. The minimum atomic E-state index is 0.783. The number of nitrogens with zero attached hydrogens (tertiary/aromatic N) is 3. The van der Waals surface area contributed by atoms with Crippen molar-refractivity contribution in [2.45, 2.75) is 13.3 Å². The fraction of sp³-hybridized carbons (Fsp3) is 0.615. The maximum absolute atomic E-state index is 5.54. The first-order valence-electron chi connectivity index (χ1n) is 6.50. The Morgan fingerprint density at radius 2 is 2.06 bits per heavy atom. The summed E-state index contributed by atoms with van der Waals surface area (Å²) >= 11 is 3.61. The Kier molecular flexibility index (Phi) is 4.97. The van der Waals surface area contributed by atoms with Gasteiger partial charge in [0.05, 0.1) is 4.47 Å². The molecule has 0 unspecified atom stereocenters. The van der Waals surface area contributed by atoms with Crippen molar-refractivity contribution in [2.75, 3.05) is 44.2 Å². The Morgan fingerprint density at radius 1 is 1.33 bits per heavy atom. The fourth-order valence-corrected chi connectivity index (χ4v) is 2.97. The van der Waals surface area contributed by atoms with E-state index in [1.54, 1.807) is 0 Å². The predicted molar refractivity (Wildman–Crippen MR) is 79.0 cm³/mol. The molecule has 4 nitrogen and oxygen atoms in total. The lowest BCUT2D eigenvalue weighted by Crippen LogP contribution is -2.47. The molecule has 0 bridgehead atoms. The maximum Gasteiger partial charge on any atom is 0.142 e. The smallest absolute Gasteiger partial charge is 0.142 e. The van der Waals surface area contributed by atoms with Crippen molar-refractivity contribution in [1.82, 2.24) is 9.88 Å². The molecular weight excluding hydrogens is 292 g/mol. The molecule has 1 aliphatic rings. The van der Waals surface area contributed by atoms with E-state index in [0.717, 1.165) is 56.0 Å². The number of hydrogen-bond donors (Lipinski definition) is 1. The van der Waals surface area contributed by atoms with Gasteiger partial charge in [0.25, 0.3) is 0 Å². The monoisotopic (exact) mass is 312 g/mol. The van der Waals surface area contributed by atoms with Gasteiger partial charge in [-0.1, -0.05) is 0 Å². The fourth-order valence-electron chi connectivity index (χ4n) is 2.26. The average Bonchev–Trinajstić information content (AvgIpc) is 2.37. The Hall–Kier alpha value is -0.650. The largest absolute Gasteiger partial charge is 0.353 e. The third kappa shape index (κ3) is 3.43. The molecule has 1 aromatic rings. The van der Waals surface area contributed by atoms with Crippen molar-refractivity contribution in [2.24, 2.45) is 5.73 Å². The quantitative estimate of drug-likeness (QED) is 0.917. The summed E-state index contributed by atoms with van der Waals surface area (Å²) in [6.07, 6.45) is 3.02. The van der Waals surface area contributed by atoms with Gasteiger partial charge in [0.2, 0.25) is 0 Å². The molecule has 0 radical (unpaired) electrons. The summed E-state index contributed by atoms with van der Waals surface area (Å²) in [4.78, 5) is 9.36. The van der Waals surface area contributed by atoms with Gasteiger partial charge in [0.1, 0.15) is 5.82 Å². The SMILES string of the molecule is Cc1cnc(N2CCN(CCCN)CC2)c(Br)c1. The minimum Gasteiger partial charge on any atom is -0.353 e. The number of nitrogens with two attached hydrogens (primary N) is 1. The predicted octanol–water partition coefficient (Wildman–Crippen LogP) is 1.62. The van der Waals surface area contributed by atoms with E-state index in [0.29, 0.717) is 0 Å². The first-order valence-corrected chi connectivity index (χ1v) is 7.29. The zero-order valence-electron chi connectivity index (χ0n) is 10.9. The van der Waals surface area contributed by atoms with E-state index >= 15 is 0 Å². The number of aromatic nitrogens is 1. The summed E-state index contributed by atoms with van der Waals surface area (Å²) in [7, 11) is 0. The van der Waals surface area contributed by atoms with E-state index in [1.807, 2.05) is 6.20 Å². The highest BCUT2D eigenvalue weighted by atomic mass is 79.9. The summed E-state index contributed by atoms with van der Waals surface area (Å²) in [5, 5.41) is 0. The van der Waals surface area contributed by atoms with Crippen LogP contribution in [0.5, 0.6) is 0 Å². The van der Waals surface area contributed by atoms with Gasteiger partial charge in [-0.3, -0.25) is 4.90 Å². The van der Waals surface area contributed by atoms with Crippen LogP contribution in [0.3, 0.4) is 0 Å². The molecular formula is C13H21BrN4. The average molecular weight is 313 g/mol. The van der Waals surface area contributed by atoms with Crippen molar-refractivity contribution in [3.63, 3.8) is 0 Å². The summed E-state index contributed by atoms with van der Waals surface area (Å²) in [5.74, 6) is 1.07. The molecule has 0 saturated carbocycles. The number of hydrogen-bond acceptors (Lipinski definition) is 4. The molecule has 1 aromatic heterocycles. The molecule has 0 atom stereocenters. The number of pyridine rings is 1. The van der Waals surface area contributed by atoms with Gasteiger partial charge in [-0.05, 0) is 54.0 Å². The first-order chi connectivity index (χ1) is 8.70. The highest BCUT2D eigenvalue weighted by Crippen LogP contribution is 2.25. The molecule has 18 heavy (non-hydrogen) atoms. The molecule has 1 fully saturated rings. The van der Waals surface area contributed by atoms with Crippen LogP contribution in [0.2, 0.25) is 0 Å². The Morgan fingerprint density at radius 3 is 2.67 bits per heavy atom. The van der Waals surface area contributed by atoms with Gasteiger partial charge in [-0.15, -0.1) is 0 Å². The number of rotatable bonds is 4. The third-order valence-corrected chi connectivity index (χ3v) is 3.89. The van der Waals surface area contributed by atoms with Crippen LogP contribution in [-0.2, 0) is 0 Å². The van der Waals surface area contributed by atoms with E-state index in [9.17, 15) is 0 Å². The van der Waals surface area contributed by atoms with Gasteiger partial charge in [-0.2, -0.15) is 0 Å². The van der Waals surface area contributed by atoms with Crippen LogP contribution in [0.4, 0.5) is 5.82 Å². The molecule has 100 valence electrons. The molecule has 1 saturated heterocycles. The molecule has 5 heteroatoms. The van der Waals surface area contributed by atoms with Crippen LogP contribution in [0.15, 0.2) is 16.7 Å². The van der Waals surface area contributed by atoms with E-state index in [-0.39, 0.29) is 0 Å². The van der Waals surface area contributed by atoms with Crippen LogP contribution >= 0.6 is 15.9 Å². The molecule has 0 spiro atoms. The van der Waals surface area contributed by atoms with Crippen LogP contribution in [0, 0.1) is 6.92 Å². The molecule has 0 amide bonds. The molecule has 2 rings (SSSR count). The lowest BCUT2D eigenvalue weighted by Gasteiger charge is -2.35. The van der Waals surface area contributed by atoms with Gasteiger partial charge in [0.15, 0.2) is 0 Å². The molecule has 0 aromatic carbocycles. The zero-order chi connectivity index (χ0) is 13.0. The summed E-state index contributed by atoms with van der Waals surface area (Å²) in [6.45, 7) is 8.24. The van der Waals surface area contributed by atoms with Crippen LogP contribution < -0.4 is 10.6 Å². The Balaban J connectivity index is 1.93. The third-order valence-electron chi connectivity index (χ3n) is 3.31. The summed E-state index contributed by atoms with van der Waals surface area (Å²) in [5.41, 5.74) is 6.73. The number of halogens is 1. The van der Waals surface area contributed by atoms with E-state index in [4.69, 9.17) is 5.73 Å². The number of anilines is 1. The first kappa shape index (κ1) is 13.8. The van der Waals surface area contributed by atoms with Gasteiger partial charge in [0, 0.05) is 32.4 Å². The van der Waals surface area contributed by atoms with Crippen LogP contribution in [0.25, 0.3) is 0 Å². The second-order valence-electron chi connectivity index (χ2n) is 4.79.